The second-order valence-corrected chi connectivity index (χ2v) is 5.99. The van der Waals surface area contributed by atoms with Gasteiger partial charge in [-0.25, -0.2) is 9.97 Å². The first-order valence-electron chi connectivity index (χ1n) is 6.88. The maximum absolute atomic E-state index is 11.9. The molecular weight excluding hydrogens is 266 g/mol. The Labute approximate surface area is 124 Å². The topological polar surface area (TPSA) is 85.8 Å². The van der Waals surface area contributed by atoms with Crippen LogP contribution in [0.3, 0.4) is 0 Å². The monoisotopic (exact) mass is 287 g/mol. The van der Waals surface area contributed by atoms with Crippen molar-refractivity contribution in [3.63, 3.8) is 0 Å². The van der Waals surface area contributed by atoms with E-state index >= 15 is 0 Å². The number of amides is 1. The van der Waals surface area contributed by atoms with E-state index in [4.69, 9.17) is 5.73 Å². The van der Waals surface area contributed by atoms with Crippen molar-refractivity contribution in [1.82, 2.24) is 19.9 Å². The van der Waals surface area contributed by atoms with Crippen molar-refractivity contribution >= 4 is 11.7 Å². The van der Waals surface area contributed by atoms with Gasteiger partial charge in [-0.2, -0.15) is 0 Å². The molecule has 0 aliphatic heterocycles. The van der Waals surface area contributed by atoms with Gasteiger partial charge in [-0.1, -0.05) is 0 Å². The quantitative estimate of drug-likeness (QED) is 0.898. The number of carbonyl (C=O) groups excluding carboxylic acids is 1. The number of imidazole rings is 1. The zero-order valence-corrected chi connectivity index (χ0v) is 12.6. The second kappa shape index (κ2) is 5.95. The molecule has 21 heavy (non-hydrogen) atoms. The summed E-state index contributed by atoms with van der Waals surface area (Å²) in [6.07, 6.45) is 5.59. The number of aromatic nitrogens is 3. The van der Waals surface area contributed by atoms with E-state index < -0.39 is 0 Å². The third-order valence-corrected chi connectivity index (χ3v) is 2.89. The van der Waals surface area contributed by atoms with Crippen LogP contribution >= 0.6 is 0 Å². The van der Waals surface area contributed by atoms with Crippen molar-refractivity contribution in [3.05, 3.63) is 30.9 Å². The minimum absolute atomic E-state index is 0.0255. The normalized spacial score (nSPS) is 11.4. The summed E-state index contributed by atoms with van der Waals surface area (Å²) in [5.74, 6) is 0.506. The van der Waals surface area contributed by atoms with Crippen LogP contribution in [0.15, 0.2) is 30.9 Å². The predicted molar refractivity (Wildman–Crippen MR) is 82.4 cm³/mol. The van der Waals surface area contributed by atoms with Gasteiger partial charge in [-0.15, -0.1) is 0 Å². The largest absolute Gasteiger partial charge is 0.384 e. The number of aryl methyl sites for hydroxylation is 1. The summed E-state index contributed by atoms with van der Waals surface area (Å²) in [6, 6.07) is 3.64. The maximum Gasteiger partial charge on any atom is 0.222 e. The Morgan fingerprint density at radius 3 is 2.71 bits per heavy atom. The summed E-state index contributed by atoms with van der Waals surface area (Å²) < 4.78 is 1.94. The highest BCUT2D eigenvalue weighted by Crippen LogP contribution is 2.19. The lowest BCUT2D eigenvalue weighted by atomic mass is 10.1. The van der Waals surface area contributed by atoms with Crippen LogP contribution in [-0.2, 0) is 11.3 Å². The van der Waals surface area contributed by atoms with Crippen LogP contribution < -0.4 is 11.1 Å². The van der Waals surface area contributed by atoms with E-state index in [2.05, 4.69) is 15.3 Å². The molecule has 2 rings (SSSR count). The minimum Gasteiger partial charge on any atom is -0.384 e. The van der Waals surface area contributed by atoms with Crippen LogP contribution in [0, 0.1) is 0 Å². The molecule has 0 aliphatic carbocycles. The van der Waals surface area contributed by atoms with Crippen LogP contribution in [-0.4, -0.2) is 26.0 Å². The van der Waals surface area contributed by atoms with E-state index in [1.807, 2.05) is 31.4 Å². The fraction of sp³-hybridized carbons (Fsp3) is 0.400. The number of nitrogens with two attached hydrogens (primary N) is 1. The third kappa shape index (κ3) is 4.30. The van der Waals surface area contributed by atoms with Crippen LogP contribution in [0.25, 0.3) is 11.3 Å². The fourth-order valence-corrected chi connectivity index (χ4v) is 2.00. The van der Waals surface area contributed by atoms with Gasteiger partial charge in [0, 0.05) is 30.3 Å². The Balaban J connectivity index is 2.04. The van der Waals surface area contributed by atoms with Crippen molar-refractivity contribution in [3.8, 4) is 11.3 Å². The van der Waals surface area contributed by atoms with Crippen LogP contribution in [0.4, 0.5) is 5.82 Å². The summed E-state index contributed by atoms with van der Waals surface area (Å²) in [7, 11) is 0. The minimum atomic E-state index is -0.213. The molecule has 3 N–H and O–H groups in total. The Bertz CT molecular complexity index is 610. The van der Waals surface area contributed by atoms with Gasteiger partial charge < -0.3 is 15.6 Å². The summed E-state index contributed by atoms with van der Waals surface area (Å²) in [5.41, 5.74) is 7.23. The van der Waals surface area contributed by atoms with Crippen molar-refractivity contribution < 1.29 is 4.79 Å². The second-order valence-electron chi connectivity index (χ2n) is 5.99. The first kappa shape index (κ1) is 15.0. The number of hydrogen-bond donors (Lipinski definition) is 2. The molecule has 0 unspecified atom stereocenters. The Kier molecular flexibility index (Phi) is 4.26. The molecule has 6 heteroatoms. The summed E-state index contributed by atoms with van der Waals surface area (Å²) in [6.45, 7) is 6.47. The number of nitrogens with zero attached hydrogens (tertiary/aromatic N) is 3. The van der Waals surface area contributed by atoms with E-state index in [1.54, 1.807) is 24.8 Å². The fourth-order valence-electron chi connectivity index (χ4n) is 2.00. The van der Waals surface area contributed by atoms with Crippen LogP contribution in [0.5, 0.6) is 0 Å². The lowest BCUT2D eigenvalue weighted by Gasteiger charge is -2.20. The Hall–Kier alpha value is -2.37. The van der Waals surface area contributed by atoms with Gasteiger partial charge in [0.15, 0.2) is 0 Å². The molecule has 2 aromatic heterocycles. The smallest absolute Gasteiger partial charge is 0.222 e. The molecule has 0 spiro atoms. The number of carbonyl (C=O) groups is 1. The number of anilines is 1. The first-order chi connectivity index (χ1) is 9.85. The van der Waals surface area contributed by atoms with Crippen LogP contribution in [0.2, 0.25) is 0 Å². The highest BCUT2D eigenvalue weighted by atomic mass is 16.1. The number of rotatable bonds is 4. The summed E-state index contributed by atoms with van der Waals surface area (Å²) in [4.78, 5) is 20.1. The van der Waals surface area contributed by atoms with Crippen molar-refractivity contribution in [1.29, 1.82) is 0 Å². The zero-order chi connectivity index (χ0) is 15.5. The Morgan fingerprint density at radius 2 is 2.10 bits per heavy atom. The molecule has 1 amide bonds. The molecular formula is C15H21N5O. The number of hydrogen-bond acceptors (Lipinski definition) is 4. The van der Waals surface area contributed by atoms with Gasteiger partial charge in [0.1, 0.15) is 5.82 Å². The molecule has 6 nitrogen and oxygen atoms in total. The highest BCUT2D eigenvalue weighted by molar-refractivity contribution is 5.76. The van der Waals surface area contributed by atoms with E-state index in [0.717, 1.165) is 11.3 Å². The number of nitrogen functional groups attached to an aromatic ring is 1. The first-order valence-corrected chi connectivity index (χ1v) is 6.88. The van der Waals surface area contributed by atoms with Crippen LogP contribution in [0.1, 0.15) is 27.2 Å². The molecule has 112 valence electrons. The van der Waals surface area contributed by atoms with Gasteiger partial charge in [0.05, 0.1) is 18.2 Å². The number of pyridine rings is 1. The molecule has 2 heterocycles. The maximum atomic E-state index is 11.9. The predicted octanol–water partition coefficient (Wildman–Crippen LogP) is 1.83. The summed E-state index contributed by atoms with van der Waals surface area (Å²) in [5, 5.41) is 2.95. The SMILES string of the molecule is CC(C)(C)NC(=O)CCn1cncc1-c1ccc(N)nc1. The zero-order valence-electron chi connectivity index (χ0n) is 12.6. The molecule has 0 saturated heterocycles. The van der Waals surface area contributed by atoms with Crippen molar-refractivity contribution in [2.75, 3.05) is 5.73 Å². The third-order valence-electron chi connectivity index (χ3n) is 2.89. The number of nitrogens with one attached hydrogen (secondary N) is 1. The molecule has 0 aliphatic rings. The van der Waals surface area contributed by atoms with Gasteiger partial charge in [0.2, 0.25) is 5.91 Å². The molecule has 0 fully saturated rings. The van der Waals surface area contributed by atoms with Crippen molar-refractivity contribution in [2.24, 2.45) is 0 Å². The molecule has 0 atom stereocenters. The standard InChI is InChI=1S/C15H21N5O/c1-15(2,3)19-14(21)6-7-20-10-17-9-12(20)11-4-5-13(16)18-8-11/h4-5,8-10H,6-7H2,1-3H3,(H2,16,18)(H,19,21). The van der Waals surface area contributed by atoms with Gasteiger partial charge >= 0.3 is 0 Å². The average molecular weight is 287 g/mol. The lowest BCUT2D eigenvalue weighted by molar-refractivity contribution is -0.122. The van der Waals surface area contributed by atoms with Gasteiger partial charge in [-0.05, 0) is 32.9 Å². The molecule has 2 aromatic rings. The van der Waals surface area contributed by atoms with E-state index in [1.165, 1.54) is 0 Å². The average Bonchev–Trinajstić information content (AvgIpc) is 2.83. The van der Waals surface area contributed by atoms with E-state index in [-0.39, 0.29) is 11.4 Å². The highest BCUT2D eigenvalue weighted by Gasteiger charge is 2.14. The van der Waals surface area contributed by atoms with Gasteiger partial charge in [-0.3, -0.25) is 4.79 Å². The van der Waals surface area contributed by atoms with Gasteiger partial charge in [0.25, 0.3) is 0 Å². The van der Waals surface area contributed by atoms with E-state index in [0.29, 0.717) is 18.8 Å². The molecule has 0 radical (unpaired) electrons. The molecule has 0 bridgehead atoms. The summed E-state index contributed by atoms with van der Waals surface area (Å²) >= 11 is 0. The molecule has 0 aromatic carbocycles. The molecule has 0 saturated carbocycles. The Morgan fingerprint density at radius 1 is 1.33 bits per heavy atom. The van der Waals surface area contributed by atoms with Crippen molar-refractivity contribution in [2.45, 2.75) is 39.3 Å². The lowest BCUT2D eigenvalue weighted by Crippen LogP contribution is -2.40. The van der Waals surface area contributed by atoms with E-state index in [9.17, 15) is 4.79 Å².